The van der Waals surface area contributed by atoms with Crippen LogP contribution in [0.5, 0.6) is 11.5 Å². The maximum atomic E-state index is 13.4. The summed E-state index contributed by atoms with van der Waals surface area (Å²) in [5.74, 6) is 0.883. The minimum Gasteiger partial charge on any atom is -0.493 e. The molecule has 1 aliphatic rings. The van der Waals surface area contributed by atoms with Crippen LogP contribution in [0.2, 0.25) is 5.02 Å². The molecular formula is C25H34ClN3O3. The van der Waals surface area contributed by atoms with Crippen LogP contribution in [0.25, 0.3) is 0 Å². The first kappa shape index (κ1) is 24.2. The van der Waals surface area contributed by atoms with Gasteiger partial charge < -0.3 is 20.5 Å². The van der Waals surface area contributed by atoms with Gasteiger partial charge >= 0.3 is 0 Å². The number of amides is 1. The molecule has 0 fully saturated rings. The highest BCUT2D eigenvalue weighted by molar-refractivity contribution is 6.30. The number of nitrogens with one attached hydrogen (secondary N) is 1. The van der Waals surface area contributed by atoms with Crippen molar-refractivity contribution < 1.29 is 14.3 Å². The Morgan fingerprint density at radius 3 is 2.16 bits per heavy atom. The van der Waals surface area contributed by atoms with E-state index in [9.17, 15) is 4.79 Å². The highest BCUT2D eigenvalue weighted by atomic mass is 35.5. The summed E-state index contributed by atoms with van der Waals surface area (Å²) in [6, 6.07) is 9.56. The Bertz CT molecular complexity index is 969. The average Bonchev–Trinajstić information content (AvgIpc) is 2.75. The third-order valence-electron chi connectivity index (χ3n) is 6.24. The molecule has 3 N–H and O–H groups in total. The largest absolute Gasteiger partial charge is 0.493 e. The number of anilines is 1. The van der Waals surface area contributed by atoms with Crippen molar-refractivity contribution in [1.82, 2.24) is 10.2 Å². The molecule has 1 amide bonds. The predicted molar refractivity (Wildman–Crippen MR) is 130 cm³/mol. The Labute approximate surface area is 196 Å². The fourth-order valence-electron chi connectivity index (χ4n) is 4.64. The van der Waals surface area contributed by atoms with Crippen LogP contribution in [0.3, 0.4) is 0 Å². The molecule has 0 radical (unpaired) electrons. The zero-order valence-corrected chi connectivity index (χ0v) is 20.5. The maximum absolute atomic E-state index is 13.4. The second kappa shape index (κ2) is 10.0. The lowest BCUT2D eigenvalue weighted by Crippen LogP contribution is -2.43. The molecule has 2 unspecified atom stereocenters. The van der Waals surface area contributed by atoms with Crippen LogP contribution in [-0.4, -0.2) is 43.7 Å². The number of nitrogen functional groups attached to an aromatic ring is 1. The van der Waals surface area contributed by atoms with Crippen LogP contribution < -0.4 is 20.5 Å². The van der Waals surface area contributed by atoms with Gasteiger partial charge in [0, 0.05) is 28.4 Å². The molecule has 0 spiro atoms. The molecule has 174 valence electrons. The third kappa shape index (κ3) is 4.81. The number of benzene rings is 2. The van der Waals surface area contributed by atoms with E-state index in [0.29, 0.717) is 40.7 Å². The monoisotopic (exact) mass is 459 g/mol. The van der Waals surface area contributed by atoms with Gasteiger partial charge in [-0.3, -0.25) is 9.69 Å². The quantitative estimate of drug-likeness (QED) is 0.557. The molecule has 2 aromatic carbocycles. The van der Waals surface area contributed by atoms with E-state index in [1.165, 1.54) is 0 Å². The number of rotatable bonds is 8. The van der Waals surface area contributed by atoms with Gasteiger partial charge in [0.2, 0.25) is 5.91 Å². The van der Waals surface area contributed by atoms with E-state index in [2.05, 4.69) is 37.9 Å². The highest BCUT2D eigenvalue weighted by Crippen LogP contribution is 2.43. The number of nitrogens with zero attached hydrogens (tertiary/aromatic N) is 1. The molecule has 1 heterocycles. The summed E-state index contributed by atoms with van der Waals surface area (Å²) in [4.78, 5) is 15.8. The number of halogens is 1. The second-order valence-corrected chi connectivity index (χ2v) is 9.25. The predicted octanol–water partition coefficient (Wildman–Crippen LogP) is 4.75. The zero-order chi connectivity index (χ0) is 23.6. The summed E-state index contributed by atoms with van der Waals surface area (Å²) in [5, 5.41) is 3.75. The second-order valence-electron chi connectivity index (χ2n) is 8.82. The summed E-state index contributed by atoms with van der Waals surface area (Å²) in [7, 11) is 3.21. The van der Waals surface area contributed by atoms with Crippen molar-refractivity contribution in [2.75, 3.05) is 26.5 Å². The van der Waals surface area contributed by atoms with Crippen molar-refractivity contribution in [3.05, 3.63) is 52.0 Å². The molecule has 2 atom stereocenters. The van der Waals surface area contributed by atoms with Crippen molar-refractivity contribution in [1.29, 1.82) is 0 Å². The zero-order valence-electron chi connectivity index (χ0n) is 19.7. The van der Waals surface area contributed by atoms with Gasteiger partial charge in [-0.25, -0.2) is 0 Å². The summed E-state index contributed by atoms with van der Waals surface area (Å²) in [6.07, 6.45) is 0.697. The Morgan fingerprint density at radius 1 is 1.00 bits per heavy atom. The van der Waals surface area contributed by atoms with Crippen LogP contribution >= 0.6 is 11.6 Å². The molecule has 0 saturated heterocycles. The van der Waals surface area contributed by atoms with Crippen molar-refractivity contribution >= 4 is 23.2 Å². The molecule has 0 aromatic heterocycles. The third-order valence-corrected chi connectivity index (χ3v) is 6.48. The lowest BCUT2D eigenvalue weighted by atomic mass is 9.81. The minimum atomic E-state index is -0.418. The van der Waals surface area contributed by atoms with Crippen LogP contribution in [0.4, 0.5) is 5.69 Å². The number of ether oxygens (including phenoxy) is 2. The van der Waals surface area contributed by atoms with Gasteiger partial charge in [0.1, 0.15) is 0 Å². The number of methoxy groups -OCH3 is 2. The minimum absolute atomic E-state index is 0.0263. The van der Waals surface area contributed by atoms with Crippen molar-refractivity contribution in [2.45, 2.75) is 58.2 Å². The Balaban J connectivity index is 2.08. The molecule has 2 aromatic rings. The van der Waals surface area contributed by atoms with E-state index in [1.54, 1.807) is 26.4 Å². The maximum Gasteiger partial charge on any atom is 0.228 e. The number of carbonyl (C=O) groups is 1. The summed E-state index contributed by atoms with van der Waals surface area (Å²) in [6.45, 7) is 9.54. The first-order chi connectivity index (χ1) is 15.2. The fraction of sp³-hybridized carbons (Fsp3) is 0.480. The normalized spacial score (nSPS) is 18.1. The molecule has 1 aliphatic heterocycles. The highest BCUT2D eigenvalue weighted by Gasteiger charge is 2.36. The molecule has 6 nitrogen and oxygen atoms in total. The van der Waals surface area contributed by atoms with Gasteiger partial charge in [0.15, 0.2) is 11.5 Å². The first-order valence-electron chi connectivity index (χ1n) is 11.0. The van der Waals surface area contributed by atoms with Crippen molar-refractivity contribution in [3.63, 3.8) is 0 Å². The Kier molecular flexibility index (Phi) is 7.57. The summed E-state index contributed by atoms with van der Waals surface area (Å²) < 4.78 is 11.1. The molecule has 0 aliphatic carbocycles. The standard InChI is InChI=1S/C25H34ClN3O3/c1-14(2)29(15(3)4)10-9-17-18-12-22(31-5)23(32-6)13-19(18)24(28-25(17)30)20-11-16(26)7-8-21(20)27/h7-8,11-15,17,24H,9-10,27H2,1-6H3,(H,28,30). The van der Waals surface area contributed by atoms with E-state index < -0.39 is 6.04 Å². The van der Waals surface area contributed by atoms with Gasteiger partial charge in [0.05, 0.1) is 26.2 Å². The van der Waals surface area contributed by atoms with E-state index in [0.717, 1.165) is 23.2 Å². The molecule has 32 heavy (non-hydrogen) atoms. The number of hydrogen-bond acceptors (Lipinski definition) is 5. The van der Waals surface area contributed by atoms with E-state index in [1.807, 2.05) is 18.2 Å². The van der Waals surface area contributed by atoms with Crippen LogP contribution in [0, 0.1) is 0 Å². The first-order valence-corrected chi connectivity index (χ1v) is 11.4. The molecule has 0 bridgehead atoms. The van der Waals surface area contributed by atoms with E-state index >= 15 is 0 Å². The summed E-state index contributed by atoms with van der Waals surface area (Å²) >= 11 is 6.26. The topological polar surface area (TPSA) is 76.8 Å². The Hall–Kier alpha value is -2.44. The molecular weight excluding hydrogens is 426 g/mol. The lowest BCUT2D eigenvalue weighted by molar-refractivity contribution is -0.124. The summed E-state index contributed by atoms with van der Waals surface area (Å²) in [5.41, 5.74) is 9.50. The van der Waals surface area contributed by atoms with Gasteiger partial charge in [-0.2, -0.15) is 0 Å². The fourth-order valence-corrected chi connectivity index (χ4v) is 4.82. The average molecular weight is 460 g/mol. The number of nitrogens with two attached hydrogens (primary N) is 1. The van der Waals surface area contributed by atoms with Gasteiger partial charge in [-0.05, 0) is 82.1 Å². The van der Waals surface area contributed by atoms with E-state index in [4.69, 9.17) is 26.8 Å². The SMILES string of the molecule is COc1cc2c(cc1OC)C(c1cc(Cl)ccc1N)NC(=O)C2CCN(C(C)C)C(C)C. The van der Waals surface area contributed by atoms with Gasteiger partial charge in [-0.15, -0.1) is 0 Å². The lowest BCUT2D eigenvalue weighted by Gasteiger charge is -2.36. The van der Waals surface area contributed by atoms with Crippen molar-refractivity contribution in [2.24, 2.45) is 0 Å². The van der Waals surface area contributed by atoms with E-state index in [-0.39, 0.29) is 11.8 Å². The van der Waals surface area contributed by atoms with Crippen LogP contribution in [0.1, 0.15) is 62.8 Å². The number of hydrogen-bond donors (Lipinski definition) is 2. The van der Waals surface area contributed by atoms with Crippen LogP contribution in [0.15, 0.2) is 30.3 Å². The van der Waals surface area contributed by atoms with Gasteiger partial charge in [0.25, 0.3) is 0 Å². The van der Waals surface area contributed by atoms with Crippen molar-refractivity contribution in [3.8, 4) is 11.5 Å². The molecule has 7 heteroatoms. The van der Waals surface area contributed by atoms with Gasteiger partial charge in [-0.1, -0.05) is 11.6 Å². The number of fused-ring (bicyclic) bond motifs is 1. The van der Waals surface area contributed by atoms with Crippen LogP contribution in [-0.2, 0) is 4.79 Å². The number of carbonyl (C=O) groups excluding carboxylic acids is 1. The molecule has 0 saturated carbocycles. The molecule has 3 rings (SSSR count). The smallest absolute Gasteiger partial charge is 0.228 e. The Morgan fingerprint density at radius 2 is 1.59 bits per heavy atom.